The summed E-state index contributed by atoms with van der Waals surface area (Å²) in [5, 5.41) is 2.80. The second-order valence-corrected chi connectivity index (χ2v) is 4.85. The summed E-state index contributed by atoms with van der Waals surface area (Å²) >= 11 is 0. The molecule has 1 heterocycles. The fourth-order valence-corrected chi connectivity index (χ4v) is 2.48. The van der Waals surface area contributed by atoms with Crippen molar-refractivity contribution in [2.75, 3.05) is 0 Å². The Morgan fingerprint density at radius 1 is 1.11 bits per heavy atom. The molecular weight excluding hydrogens is 240 g/mol. The summed E-state index contributed by atoms with van der Waals surface area (Å²) in [5.74, 6) is -0.0114. The lowest BCUT2D eigenvalue weighted by Gasteiger charge is -2.38. The predicted molar refractivity (Wildman–Crippen MR) is 73.3 cm³/mol. The fourth-order valence-electron chi connectivity index (χ4n) is 2.48. The Bertz CT molecular complexity index is 458. The zero-order valence-corrected chi connectivity index (χ0v) is 11.4. The van der Waals surface area contributed by atoms with Crippen molar-refractivity contribution in [3.8, 4) is 0 Å². The largest absolute Gasteiger partial charge is 0.343 e. The first kappa shape index (κ1) is 13.6. The molecule has 1 aliphatic heterocycles. The average molecular weight is 260 g/mol. The summed E-state index contributed by atoms with van der Waals surface area (Å²) in [6, 6.07) is 9.07. The van der Waals surface area contributed by atoms with Crippen molar-refractivity contribution < 1.29 is 9.59 Å². The van der Waals surface area contributed by atoms with Gasteiger partial charge < -0.3 is 10.2 Å². The Kier molecular flexibility index (Phi) is 4.20. The molecule has 0 bridgehead atoms. The van der Waals surface area contributed by atoms with Crippen molar-refractivity contribution in [3.63, 3.8) is 0 Å². The van der Waals surface area contributed by atoms with E-state index in [9.17, 15) is 9.59 Å². The third-order valence-corrected chi connectivity index (χ3v) is 3.57. The smallest absolute Gasteiger partial charge is 0.246 e. The number of rotatable bonds is 4. The lowest BCUT2D eigenvalue weighted by Crippen LogP contribution is -2.62. The van der Waals surface area contributed by atoms with Crippen LogP contribution in [-0.2, 0) is 16.1 Å². The fraction of sp³-hybridized carbons (Fsp3) is 0.467. The molecule has 1 N–H and O–H groups in total. The highest BCUT2D eigenvalue weighted by Gasteiger charge is 2.38. The van der Waals surface area contributed by atoms with Crippen molar-refractivity contribution in [2.45, 2.75) is 45.3 Å². The SMILES string of the molecule is CC[C@H]1NC(=O)[C@H](CC)N(Cc2ccccc2)C1=O. The van der Waals surface area contributed by atoms with E-state index in [0.717, 1.165) is 5.56 Å². The van der Waals surface area contributed by atoms with Crippen LogP contribution in [0.1, 0.15) is 32.3 Å². The van der Waals surface area contributed by atoms with E-state index in [2.05, 4.69) is 5.32 Å². The van der Waals surface area contributed by atoms with Crippen LogP contribution >= 0.6 is 0 Å². The molecule has 0 saturated carbocycles. The average Bonchev–Trinajstić information content (AvgIpc) is 2.44. The number of nitrogens with one attached hydrogen (secondary N) is 1. The number of amides is 2. The predicted octanol–water partition coefficient (Wildman–Crippen LogP) is 1.70. The number of benzene rings is 1. The molecule has 19 heavy (non-hydrogen) atoms. The highest BCUT2D eigenvalue weighted by molar-refractivity contribution is 5.96. The van der Waals surface area contributed by atoms with Gasteiger partial charge in [0.15, 0.2) is 0 Å². The minimum atomic E-state index is -0.376. The molecule has 4 nitrogen and oxygen atoms in total. The second-order valence-electron chi connectivity index (χ2n) is 4.85. The van der Waals surface area contributed by atoms with Crippen molar-refractivity contribution in [3.05, 3.63) is 35.9 Å². The van der Waals surface area contributed by atoms with Gasteiger partial charge in [-0.15, -0.1) is 0 Å². The van der Waals surface area contributed by atoms with Gasteiger partial charge in [0, 0.05) is 6.54 Å². The summed E-state index contributed by atoms with van der Waals surface area (Å²) < 4.78 is 0. The van der Waals surface area contributed by atoms with Crippen molar-refractivity contribution in [1.29, 1.82) is 0 Å². The van der Waals surface area contributed by atoms with E-state index in [0.29, 0.717) is 19.4 Å². The normalized spacial score (nSPS) is 23.4. The van der Waals surface area contributed by atoms with E-state index >= 15 is 0 Å². The maximum atomic E-state index is 12.4. The third kappa shape index (κ3) is 2.78. The first-order chi connectivity index (χ1) is 9.17. The van der Waals surface area contributed by atoms with Gasteiger partial charge in [-0.1, -0.05) is 44.2 Å². The number of piperazine rings is 1. The molecular formula is C15H20N2O2. The molecule has 0 aliphatic carbocycles. The summed E-state index contributed by atoms with van der Waals surface area (Å²) in [7, 11) is 0. The van der Waals surface area contributed by atoms with Gasteiger partial charge in [0.1, 0.15) is 12.1 Å². The molecule has 4 heteroatoms. The Hall–Kier alpha value is -1.84. The van der Waals surface area contributed by atoms with Gasteiger partial charge in [-0.3, -0.25) is 9.59 Å². The van der Waals surface area contributed by atoms with Gasteiger partial charge in [0.25, 0.3) is 0 Å². The van der Waals surface area contributed by atoms with Gasteiger partial charge in [-0.25, -0.2) is 0 Å². The van der Waals surface area contributed by atoms with Gasteiger partial charge in [0.05, 0.1) is 0 Å². The zero-order chi connectivity index (χ0) is 13.8. The minimum absolute atomic E-state index is 0.0257. The molecule has 1 saturated heterocycles. The van der Waals surface area contributed by atoms with Gasteiger partial charge in [-0.05, 0) is 18.4 Å². The van der Waals surface area contributed by atoms with E-state index < -0.39 is 0 Å². The van der Waals surface area contributed by atoms with Crippen LogP contribution in [-0.4, -0.2) is 28.8 Å². The molecule has 1 aromatic carbocycles. The number of hydrogen-bond donors (Lipinski definition) is 1. The monoisotopic (exact) mass is 260 g/mol. The van der Waals surface area contributed by atoms with E-state index in [-0.39, 0.29) is 23.9 Å². The van der Waals surface area contributed by atoms with Gasteiger partial charge >= 0.3 is 0 Å². The molecule has 0 unspecified atom stereocenters. The Labute approximate surface area is 113 Å². The highest BCUT2D eigenvalue weighted by Crippen LogP contribution is 2.18. The number of carbonyl (C=O) groups is 2. The molecule has 2 atom stereocenters. The summed E-state index contributed by atoms with van der Waals surface area (Å²) in [5.41, 5.74) is 1.05. The topological polar surface area (TPSA) is 49.4 Å². The quantitative estimate of drug-likeness (QED) is 0.896. The Morgan fingerprint density at radius 3 is 2.37 bits per heavy atom. The van der Waals surface area contributed by atoms with Crippen molar-refractivity contribution >= 4 is 11.8 Å². The summed E-state index contributed by atoms with van der Waals surface area (Å²) in [6.45, 7) is 4.35. The molecule has 0 spiro atoms. The second kappa shape index (κ2) is 5.87. The van der Waals surface area contributed by atoms with Crippen molar-refractivity contribution in [2.24, 2.45) is 0 Å². The highest BCUT2D eigenvalue weighted by atomic mass is 16.2. The molecule has 1 fully saturated rings. The minimum Gasteiger partial charge on any atom is -0.343 e. The third-order valence-electron chi connectivity index (χ3n) is 3.57. The Balaban J connectivity index is 2.22. The van der Waals surface area contributed by atoms with Crippen LogP contribution in [0.2, 0.25) is 0 Å². The van der Waals surface area contributed by atoms with E-state index in [1.165, 1.54) is 0 Å². The first-order valence-electron chi connectivity index (χ1n) is 6.82. The van der Waals surface area contributed by atoms with E-state index in [4.69, 9.17) is 0 Å². The molecule has 0 radical (unpaired) electrons. The zero-order valence-electron chi connectivity index (χ0n) is 11.4. The number of hydrogen-bond acceptors (Lipinski definition) is 2. The van der Waals surface area contributed by atoms with E-state index in [1.807, 2.05) is 44.2 Å². The number of carbonyl (C=O) groups excluding carboxylic acids is 2. The molecule has 1 aliphatic rings. The molecule has 2 rings (SSSR count). The van der Waals surface area contributed by atoms with Crippen molar-refractivity contribution in [1.82, 2.24) is 10.2 Å². The van der Waals surface area contributed by atoms with Crippen LogP contribution in [0, 0.1) is 0 Å². The first-order valence-corrected chi connectivity index (χ1v) is 6.82. The van der Waals surface area contributed by atoms with Crippen LogP contribution < -0.4 is 5.32 Å². The maximum absolute atomic E-state index is 12.4. The van der Waals surface area contributed by atoms with Crippen LogP contribution in [0.25, 0.3) is 0 Å². The van der Waals surface area contributed by atoms with Crippen LogP contribution in [0.15, 0.2) is 30.3 Å². The molecule has 1 aromatic rings. The summed E-state index contributed by atoms with van der Waals surface area (Å²) in [4.78, 5) is 26.1. The van der Waals surface area contributed by atoms with Crippen LogP contribution in [0.3, 0.4) is 0 Å². The molecule has 0 aromatic heterocycles. The maximum Gasteiger partial charge on any atom is 0.246 e. The molecule has 102 valence electrons. The lowest BCUT2D eigenvalue weighted by atomic mass is 10.0. The molecule has 2 amide bonds. The lowest BCUT2D eigenvalue weighted by molar-refractivity contribution is -0.150. The summed E-state index contributed by atoms with van der Waals surface area (Å²) in [6.07, 6.45) is 1.27. The van der Waals surface area contributed by atoms with Gasteiger partial charge in [0.2, 0.25) is 11.8 Å². The Morgan fingerprint density at radius 2 is 1.79 bits per heavy atom. The van der Waals surface area contributed by atoms with Crippen LogP contribution in [0.5, 0.6) is 0 Å². The van der Waals surface area contributed by atoms with Crippen LogP contribution in [0.4, 0.5) is 0 Å². The van der Waals surface area contributed by atoms with E-state index in [1.54, 1.807) is 4.90 Å². The standard InChI is InChI=1S/C15H20N2O2/c1-3-12-15(19)17(13(4-2)14(18)16-12)10-11-8-6-5-7-9-11/h5-9,12-13H,3-4,10H2,1-2H3,(H,16,18)/t12-,13+/m1/s1. The van der Waals surface area contributed by atoms with Gasteiger partial charge in [-0.2, -0.15) is 0 Å². The number of nitrogens with zero attached hydrogens (tertiary/aromatic N) is 1.